The first kappa shape index (κ1) is 22.4. The molecule has 1 heterocycles. The zero-order chi connectivity index (χ0) is 21.6. The van der Waals surface area contributed by atoms with E-state index in [4.69, 9.17) is 0 Å². The van der Waals surface area contributed by atoms with Gasteiger partial charge in [0.1, 0.15) is 0 Å². The van der Waals surface area contributed by atoms with E-state index in [-0.39, 0.29) is 28.4 Å². The molecule has 2 N–H and O–H groups in total. The highest BCUT2D eigenvalue weighted by Gasteiger charge is 2.16. The van der Waals surface area contributed by atoms with E-state index in [1.807, 2.05) is 12.1 Å². The zero-order valence-electron chi connectivity index (χ0n) is 16.7. The number of hydrogen-bond donors (Lipinski definition) is 2. The molecule has 0 spiro atoms. The molecular weight excluding hydrogens is 394 g/mol. The summed E-state index contributed by atoms with van der Waals surface area (Å²) in [5, 5.41) is 2.48. The van der Waals surface area contributed by atoms with Crippen LogP contribution in [0.15, 0.2) is 40.3 Å². The van der Waals surface area contributed by atoms with E-state index >= 15 is 0 Å². The number of hydrogen-bond acceptors (Lipinski definition) is 7. The highest BCUT2D eigenvalue weighted by molar-refractivity contribution is 7.99. The normalized spacial score (nSPS) is 11.0. The molecule has 0 saturated heterocycles. The minimum absolute atomic E-state index is 0.0339. The second-order valence-corrected chi connectivity index (χ2v) is 8.25. The monoisotopic (exact) mass is 417 g/mol. The minimum atomic E-state index is -0.528. The number of ether oxygens (including phenoxy) is 1. The molecule has 154 valence electrons. The van der Waals surface area contributed by atoms with Gasteiger partial charge in [-0.15, -0.1) is 0 Å². The Morgan fingerprint density at radius 2 is 1.83 bits per heavy atom. The van der Waals surface area contributed by atoms with Crippen LogP contribution < -0.4 is 10.9 Å². The Bertz CT molecular complexity index is 961. The van der Waals surface area contributed by atoms with E-state index in [0.717, 1.165) is 17.3 Å². The number of aromatic amines is 1. The van der Waals surface area contributed by atoms with Crippen molar-refractivity contribution in [1.29, 1.82) is 0 Å². The van der Waals surface area contributed by atoms with E-state index in [1.165, 1.54) is 13.2 Å². The van der Waals surface area contributed by atoms with Crippen LogP contribution in [0.3, 0.4) is 0 Å². The van der Waals surface area contributed by atoms with Crippen molar-refractivity contribution in [3.63, 3.8) is 0 Å². The number of benzene rings is 1. The molecule has 0 bridgehead atoms. The molecule has 1 aromatic carbocycles. The lowest BCUT2D eigenvalue weighted by molar-refractivity contribution is -0.139. The molecule has 2 amide bonds. The van der Waals surface area contributed by atoms with Crippen molar-refractivity contribution in [3.05, 3.63) is 57.5 Å². The van der Waals surface area contributed by atoms with Gasteiger partial charge in [-0.1, -0.05) is 44.7 Å². The molecule has 0 saturated carbocycles. The van der Waals surface area contributed by atoms with E-state index in [1.54, 1.807) is 12.1 Å². The standard InChI is InChI=1S/C20H23N3O5S/c1-20(2,3)13-7-5-12(6-8-13)18(27)22-16(25)11-29-19-21-14(9-15(24)23-19)10-17(26)28-4/h5-9H,10-11H2,1-4H3,(H,21,23,24)(H,22,25,27). The number of carbonyl (C=O) groups excluding carboxylic acids is 3. The summed E-state index contributed by atoms with van der Waals surface area (Å²) in [6.45, 7) is 6.21. The van der Waals surface area contributed by atoms with E-state index in [9.17, 15) is 19.2 Å². The molecule has 0 fully saturated rings. The lowest BCUT2D eigenvalue weighted by Gasteiger charge is -2.18. The third kappa shape index (κ3) is 6.86. The van der Waals surface area contributed by atoms with Crippen LogP contribution >= 0.6 is 11.8 Å². The number of rotatable bonds is 6. The number of methoxy groups -OCH3 is 1. The van der Waals surface area contributed by atoms with Gasteiger partial charge in [-0.05, 0) is 23.1 Å². The van der Waals surface area contributed by atoms with Gasteiger partial charge in [-0.2, -0.15) is 0 Å². The Hall–Kier alpha value is -2.94. The highest BCUT2D eigenvalue weighted by atomic mass is 32.2. The Labute approximate surface area is 172 Å². The van der Waals surface area contributed by atoms with Crippen molar-refractivity contribution < 1.29 is 19.1 Å². The van der Waals surface area contributed by atoms with Gasteiger partial charge in [0.05, 0.1) is 25.0 Å². The highest BCUT2D eigenvalue weighted by Crippen LogP contribution is 2.22. The Balaban J connectivity index is 1.95. The first-order chi connectivity index (χ1) is 13.6. The van der Waals surface area contributed by atoms with Gasteiger partial charge in [0.15, 0.2) is 5.16 Å². The summed E-state index contributed by atoms with van der Waals surface area (Å²) >= 11 is 0.951. The van der Waals surface area contributed by atoms with Crippen molar-refractivity contribution in [3.8, 4) is 0 Å². The predicted molar refractivity (Wildman–Crippen MR) is 109 cm³/mol. The summed E-state index contributed by atoms with van der Waals surface area (Å²) in [5.74, 6) is -1.69. The summed E-state index contributed by atoms with van der Waals surface area (Å²) in [6.07, 6.45) is -0.150. The van der Waals surface area contributed by atoms with Crippen LogP contribution in [0.5, 0.6) is 0 Å². The van der Waals surface area contributed by atoms with Gasteiger partial charge in [-0.25, -0.2) is 4.98 Å². The average Bonchev–Trinajstić information content (AvgIpc) is 2.65. The lowest BCUT2D eigenvalue weighted by Crippen LogP contribution is -2.32. The van der Waals surface area contributed by atoms with Crippen LogP contribution in [0, 0.1) is 0 Å². The first-order valence-electron chi connectivity index (χ1n) is 8.83. The van der Waals surface area contributed by atoms with Crippen molar-refractivity contribution in [2.24, 2.45) is 0 Å². The number of thioether (sulfide) groups is 1. The third-order valence-corrected chi connectivity index (χ3v) is 4.81. The molecule has 9 heteroatoms. The predicted octanol–water partition coefficient (Wildman–Crippen LogP) is 1.83. The Kier molecular flexibility index (Phi) is 7.33. The SMILES string of the molecule is COC(=O)Cc1cc(=O)[nH]c(SCC(=O)NC(=O)c2ccc(C(C)(C)C)cc2)n1. The molecule has 0 aliphatic rings. The molecule has 8 nitrogen and oxygen atoms in total. The minimum Gasteiger partial charge on any atom is -0.469 e. The van der Waals surface area contributed by atoms with Gasteiger partial charge in [0, 0.05) is 11.6 Å². The fourth-order valence-electron chi connectivity index (χ4n) is 2.35. The molecule has 0 aliphatic heterocycles. The summed E-state index contributed by atoms with van der Waals surface area (Å²) < 4.78 is 4.54. The van der Waals surface area contributed by atoms with Crippen LogP contribution in [0.4, 0.5) is 0 Å². The van der Waals surface area contributed by atoms with Crippen LogP contribution in [0.2, 0.25) is 0 Å². The van der Waals surface area contributed by atoms with Gasteiger partial charge < -0.3 is 9.72 Å². The molecular formula is C20H23N3O5S. The van der Waals surface area contributed by atoms with Crippen LogP contribution in [0.1, 0.15) is 42.4 Å². The zero-order valence-corrected chi connectivity index (χ0v) is 17.5. The van der Waals surface area contributed by atoms with Crippen LogP contribution in [-0.4, -0.2) is 40.6 Å². The molecule has 1 aromatic heterocycles. The average molecular weight is 417 g/mol. The Morgan fingerprint density at radius 3 is 2.41 bits per heavy atom. The van der Waals surface area contributed by atoms with Crippen LogP contribution in [-0.2, 0) is 26.2 Å². The fourth-order valence-corrected chi connectivity index (χ4v) is 3.05. The third-order valence-electron chi connectivity index (χ3n) is 3.93. The van der Waals surface area contributed by atoms with E-state index < -0.39 is 23.3 Å². The number of aromatic nitrogens is 2. The number of amides is 2. The molecule has 0 atom stereocenters. The Morgan fingerprint density at radius 1 is 1.17 bits per heavy atom. The molecule has 2 aromatic rings. The number of nitrogens with zero attached hydrogens (tertiary/aromatic N) is 1. The van der Waals surface area contributed by atoms with Gasteiger partial charge >= 0.3 is 5.97 Å². The van der Waals surface area contributed by atoms with Gasteiger partial charge in [0.25, 0.3) is 11.5 Å². The second-order valence-electron chi connectivity index (χ2n) is 7.29. The van der Waals surface area contributed by atoms with E-state index in [0.29, 0.717) is 5.56 Å². The maximum Gasteiger partial charge on any atom is 0.311 e. The quantitative estimate of drug-likeness (QED) is 0.418. The van der Waals surface area contributed by atoms with Gasteiger partial charge in [-0.3, -0.25) is 24.5 Å². The van der Waals surface area contributed by atoms with Crippen molar-refractivity contribution in [2.75, 3.05) is 12.9 Å². The summed E-state index contributed by atoms with van der Waals surface area (Å²) in [5.41, 5.74) is 1.21. The first-order valence-corrected chi connectivity index (χ1v) is 9.81. The largest absolute Gasteiger partial charge is 0.469 e. The van der Waals surface area contributed by atoms with Crippen LogP contribution in [0.25, 0.3) is 0 Å². The summed E-state index contributed by atoms with van der Waals surface area (Å²) in [7, 11) is 1.24. The van der Waals surface area contributed by atoms with Crippen molar-refractivity contribution >= 4 is 29.5 Å². The summed E-state index contributed by atoms with van der Waals surface area (Å²) in [6, 6.07) is 8.24. The summed E-state index contributed by atoms with van der Waals surface area (Å²) in [4.78, 5) is 53.9. The molecule has 0 aliphatic carbocycles. The second kappa shape index (κ2) is 9.51. The number of nitrogens with one attached hydrogen (secondary N) is 2. The van der Waals surface area contributed by atoms with Gasteiger partial charge in [0.2, 0.25) is 5.91 Å². The molecule has 2 rings (SSSR count). The number of esters is 1. The molecule has 0 radical (unpaired) electrons. The number of imide groups is 1. The number of H-pyrrole nitrogens is 1. The molecule has 0 unspecified atom stereocenters. The fraction of sp³-hybridized carbons (Fsp3) is 0.350. The van der Waals surface area contributed by atoms with Crippen molar-refractivity contribution in [2.45, 2.75) is 37.8 Å². The maximum atomic E-state index is 12.2. The van der Waals surface area contributed by atoms with Crippen molar-refractivity contribution in [1.82, 2.24) is 15.3 Å². The van der Waals surface area contributed by atoms with E-state index in [2.05, 4.69) is 40.8 Å². The lowest BCUT2D eigenvalue weighted by atomic mass is 9.87. The number of carbonyl (C=O) groups is 3. The molecule has 29 heavy (non-hydrogen) atoms. The smallest absolute Gasteiger partial charge is 0.311 e. The maximum absolute atomic E-state index is 12.2. The topological polar surface area (TPSA) is 118 Å².